The molecule has 0 amide bonds. The lowest BCUT2D eigenvalue weighted by molar-refractivity contribution is -1.02. The Labute approximate surface area is 216 Å². The standard InChI is InChI=1S/C28H36N2.2BrH/c1-3-19-29(21-11-17-27-13-7-5-8-14-27)23-25-30(20-4-2,26-24-29)22-12-18-28-15-9-6-10-16-28;;/h3-18H,1-2,19-26H2;2*1H/q+2;;/p-2/b17-11+,18-12+;;. The topological polar surface area (TPSA) is 0 Å². The predicted molar refractivity (Wildman–Crippen MR) is 131 cm³/mol. The van der Waals surface area contributed by atoms with Crippen LogP contribution in [0.2, 0.25) is 0 Å². The smallest absolute Gasteiger partial charge is 0.129 e. The van der Waals surface area contributed by atoms with Crippen molar-refractivity contribution in [1.29, 1.82) is 0 Å². The van der Waals surface area contributed by atoms with E-state index in [-0.39, 0.29) is 34.0 Å². The first-order valence-corrected chi connectivity index (χ1v) is 11.0. The Hall–Kier alpha value is -1.72. The number of halogens is 2. The van der Waals surface area contributed by atoms with Crippen molar-refractivity contribution in [2.24, 2.45) is 0 Å². The maximum atomic E-state index is 4.05. The highest BCUT2D eigenvalue weighted by atomic mass is 79.9. The van der Waals surface area contributed by atoms with Crippen LogP contribution in [0.4, 0.5) is 0 Å². The molecule has 1 heterocycles. The zero-order valence-corrected chi connectivity index (χ0v) is 22.1. The second kappa shape index (κ2) is 14.4. The number of benzene rings is 2. The normalized spacial score (nSPS) is 22.8. The molecule has 0 aliphatic carbocycles. The fourth-order valence-corrected chi connectivity index (χ4v) is 4.45. The highest BCUT2D eigenvalue weighted by Gasteiger charge is 2.39. The lowest BCUT2D eigenvalue weighted by atomic mass is 10.1. The van der Waals surface area contributed by atoms with E-state index < -0.39 is 0 Å². The molecule has 172 valence electrons. The van der Waals surface area contributed by atoms with Crippen molar-refractivity contribution < 1.29 is 42.9 Å². The molecule has 1 aliphatic heterocycles. The Kier molecular flexibility index (Phi) is 12.8. The van der Waals surface area contributed by atoms with Crippen LogP contribution in [0.25, 0.3) is 12.2 Å². The van der Waals surface area contributed by atoms with Crippen molar-refractivity contribution in [3.05, 3.63) is 109 Å². The fraction of sp³-hybridized carbons (Fsp3) is 0.286. The van der Waals surface area contributed by atoms with Crippen LogP contribution in [0, 0.1) is 0 Å². The lowest BCUT2D eigenvalue weighted by Gasteiger charge is -2.48. The second-order valence-electron chi connectivity index (χ2n) is 8.51. The van der Waals surface area contributed by atoms with Gasteiger partial charge in [-0.2, -0.15) is 0 Å². The van der Waals surface area contributed by atoms with Crippen molar-refractivity contribution in [3.63, 3.8) is 0 Å². The molecule has 0 saturated carbocycles. The van der Waals surface area contributed by atoms with Gasteiger partial charge in [0.05, 0.1) is 26.2 Å². The third kappa shape index (κ3) is 8.32. The van der Waals surface area contributed by atoms with Crippen LogP contribution in [0.5, 0.6) is 0 Å². The number of hydrogen-bond acceptors (Lipinski definition) is 0. The summed E-state index contributed by atoms with van der Waals surface area (Å²) in [6.07, 6.45) is 13.4. The molecular weight excluding hydrogens is 524 g/mol. The molecule has 3 rings (SSSR count). The minimum Gasteiger partial charge on any atom is -1.00 e. The van der Waals surface area contributed by atoms with Gasteiger partial charge in [-0.3, -0.25) is 0 Å². The fourth-order valence-electron chi connectivity index (χ4n) is 4.45. The molecular formula is C28H36Br2N2. The Balaban J connectivity index is 0.00000256. The van der Waals surface area contributed by atoms with Crippen LogP contribution in [0.3, 0.4) is 0 Å². The van der Waals surface area contributed by atoms with Gasteiger partial charge in [-0.1, -0.05) is 86.0 Å². The average molecular weight is 560 g/mol. The van der Waals surface area contributed by atoms with Gasteiger partial charge >= 0.3 is 0 Å². The van der Waals surface area contributed by atoms with Crippen LogP contribution in [-0.4, -0.2) is 61.3 Å². The molecule has 0 bridgehead atoms. The number of quaternary nitrogens is 2. The summed E-state index contributed by atoms with van der Waals surface area (Å²) in [5, 5.41) is 0. The number of hydrogen-bond donors (Lipinski definition) is 0. The molecule has 1 fully saturated rings. The molecule has 0 spiro atoms. The number of piperazine rings is 1. The summed E-state index contributed by atoms with van der Waals surface area (Å²) in [6, 6.07) is 21.2. The summed E-state index contributed by atoms with van der Waals surface area (Å²) in [6.45, 7) is 17.0. The Morgan fingerprint density at radius 3 is 1.22 bits per heavy atom. The summed E-state index contributed by atoms with van der Waals surface area (Å²) >= 11 is 0. The van der Waals surface area contributed by atoms with E-state index in [0.717, 1.165) is 35.1 Å². The molecule has 0 atom stereocenters. The quantitative estimate of drug-likeness (QED) is 0.270. The van der Waals surface area contributed by atoms with E-state index in [2.05, 4.69) is 110 Å². The van der Waals surface area contributed by atoms with Crippen LogP contribution in [-0.2, 0) is 0 Å². The summed E-state index contributed by atoms with van der Waals surface area (Å²) in [5.74, 6) is 0. The van der Waals surface area contributed by atoms with E-state index in [0.29, 0.717) is 0 Å². The Bertz CT molecular complexity index is 778. The molecule has 1 saturated heterocycles. The predicted octanol–water partition coefficient (Wildman–Crippen LogP) is -0.560. The van der Waals surface area contributed by atoms with E-state index in [9.17, 15) is 0 Å². The molecule has 4 heteroatoms. The molecule has 0 radical (unpaired) electrons. The van der Waals surface area contributed by atoms with Crippen LogP contribution >= 0.6 is 0 Å². The molecule has 2 nitrogen and oxygen atoms in total. The monoisotopic (exact) mass is 558 g/mol. The SMILES string of the molecule is C=CC[N+]1(C/C=C/c2ccccc2)CC[N+](CC=C)(C/C=C/c2ccccc2)CC1.[Br-].[Br-]. The Morgan fingerprint density at radius 1 is 0.562 bits per heavy atom. The highest BCUT2D eigenvalue weighted by molar-refractivity contribution is 5.49. The minimum absolute atomic E-state index is 0. The van der Waals surface area contributed by atoms with Gasteiger partial charge < -0.3 is 42.9 Å². The van der Waals surface area contributed by atoms with E-state index in [1.807, 2.05) is 0 Å². The molecule has 1 aliphatic rings. The van der Waals surface area contributed by atoms with Gasteiger partial charge in [-0.25, -0.2) is 0 Å². The van der Waals surface area contributed by atoms with Crippen molar-refractivity contribution in [2.75, 3.05) is 52.4 Å². The zero-order valence-electron chi connectivity index (χ0n) is 19.0. The summed E-state index contributed by atoms with van der Waals surface area (Å²) in [7, 11) is 0. The zero-order chi connectivity index (χ0) is 21.1. The van der Waals surface area contributed by atoms with Crippen molar-refractivity contribution >= 4 is 12.2 Å². The number of rotatable bonds is 10. The van der Waals surface area contributed by atoms with Crippen LogP contribution in [0.15, 0.2) is 98.1 Å². The molecule has 0 aromatic heterocycles. The average Bonchev–Trinajstić information content (AvgIpc) is 2.78. The van der Waals surface area contributed by atoms with E-state index in [1.165, 1.54) is 37.3 Å². The van der Waals surface area contributed by atoms with Gasteiger partial charge in [0.15, 0.2) is 0 Å². The first kappa shape index (κ1) is 28.3. The summed E-state index contributed by atoms with van der Waals surface area (Å²) in [4.78, 5) is 0. The molecule has 2 aromatic rings. The van der Waals surface area contributed by atoms with Gasteiger partial charge in [-0.05, 0) is 35.4 Å². The van der Waals surface area contributed by atoms with Gasteiger partial charge in [0, 0.05) is 0 Å². The highest BCUT2D eigenvalue weighted by Crippen LogP contribution is 2.21. The summed E-state index contributed by atoms with van der Waals surface area (Å²) in [5.41, 5.74) is 2.54. The molecule has 0 N–H and O–H groups in total. The molecule has 2 aromatic carbocycles. The van der Waals surface area contributed by atoms with Crippen LogP contribution in [0.1, 0.15) is 11.1 Å². The van der Waals surface area contributed by atoms with Crippen molar-refractivity contribution in [2.45, 2.75) is 0 Å². The van der Waals surface area contributed by atoms with Gasteiger partial charge in [0.2, 0.25) is 0 Å². The number of nitrogens with zero attached hydrogens (tertiary/aromatic N) is 2. The molecule has 0 unspecified atom stereocenters. The largest absolute Gasteiger partial charge is 1.00 e. The summed E-state index contributed by atoms with van der Waals surface area (Å²) < 4.78 is 2.21. The van der Waals surface area contributed by atoms with Gasteiger partial charge in [0.1, 0.15) is 26.2 Å². The molecule has 32 heavy (non-hydrogen) atoms. The Morgan fingerprint density at radius 2 is 0.906 bits per heavy atom. The van der Waals surface area contributed by atoms with Gasteiger partial charge in [-0.15, -0.1) is 0 Å². The first-order chi connectivity index (χ1) is 14.7. The van der Waals surface area contributed by atoms with E-state index >= 15 is 0 Å². The van der Waals surface area contributed by atoms with Crippen molar-refractivity contribution in [3.8, 4) is 0 Å². The lowest BCUT2D eigenvalue weighted by Crippen LogP contribution is -3.00. The van der Waals surface area contributed by atoms with E-state index in [4.69, 9.17) is 0 Å². The first-order valence-electron chi connectivity index (χ1n) is 11.0. The van der Waals surface area contributed by atoms with Crippen LogP contribution < -0.4 is 34.0 Å². The minimum atomic E-state index is 0. The maximum Gasteiger partial charge on any atom is 0.129 e. The van der Waals surface area contributed by atoms with Crippen molar-refractivity contribution in [1.82, 2.24) is 0 Å². The third-order valence-corrected chi connectivity index (χ3v) is 6.34. The second-order valence-corrected chi connectivity index (χ2v) is 8.51. The van der Waals surface area contributed by atoms with E-state index in [1.54, 1.807) is 0 Å². The maximum absolute atomic E-state index is 4.05. The van der Waals surface area contributed by atoms with Gasteiger partial charge in [0.25, 0.3) is 0 Å². The third-order valence-electron chi connectivity index (χ3n) is 6.34.